The van der Waals surface area contributed by atoms with E-state index in [-0.39, 0.29) is 34.6 Å². The molecule has 1 heterocycles. The fourth-order valence-corrected chi connectivity index (χ4v) is 6.46. The average molecular weight is 806 g/mol. The molecule has 0 spiro atoms. The molecule has 0 saturated carbocycles. The normalized spacial score (nSPS) is 12.7. The summed E-state index contributed by atoms with van der Waals surface area (Å²) in [6.45, 7) is 1.62. The molecule has 0 aliphatic carbocycles. The fourth-order valence-electron chi connectivity index (χ4n) is 4.13. The topological polar surface area (TPSA) is 330 Å². The van der Waals surface area contributed by atoms with Gasteiger partial charge in [0, 0.05) is 11.4 Å². The Morgan fingerprint density at radius 2 is 0.717 bits per heavy atom. The van der Waals surface area contributed by atoms with Crippen LogP contribution in [0.15, 0.2) is 125 Å². The molecule has 0 fully saturated rings. The second kappa shape index (κ2) is 14.8. The van der Waals surface area contributed by atoms with Gasteiger partial charge >= 0.3 is 0 Å². The fraction of sp³-hybridized carbons (Fsp3) is 0.0357. The first-order chi connectivity index (χ1) is 24.6. The Balaban J connectivity index is 1.27. The van der Waals surface area contributed by atoms with Crippen LogP contribution >= 0.6 is 0 Å². The van der Waals surface area contributed by atoms with Crippen LogP contribution in [0.4, 0.5) is 46.0 Å². The van der Waals surface area contributed by atoms with E-state index in [9.17, 15) is 51.9 Å². The lowest BCUT2D eigenvalue weighted by atomic mass is 10.3. The molecule has 25 heteroatoms. The third-order valence-electron chi connectivity index (χ3n) is 6.48. The van der Waals surface area contributed by atoms with Crippen LogP contribution in [-0.4, -0.2) is 66.8 Å². The molecule has 0 aliphatic heterocycles. The average Bonchev–Trinajstić information content (AvgIpc) is 3.05. The van der Waals surface area contributed by atoms with Gasteiger partial charge in [0.25, 0.3) is 40.5 Å². The lowest BCUT2D eigenvalue weighted by Gasteiger charge is -2.09. The van der Waals surface area contributed by atoms with Crippen molar-refractivity contribution in [2.45, 2.75) is 26.5 Å². The van der Waals surface area contributed by atoms with Gasteiger partial charge in [-0.3, -0.25) is 18.2 Å². The molecule has 0 radical (unpaired) electrons. The Morgan fingerprint density at radius 1 is 0.434 bits per heavy atom. The Labute approximate surface area is 300 Å². The number of hydrogen-bond acceptors (Lipinski definition) is 17. The van der Waals surface area contributed by atoms with Crippen LogP contribution in [0.25, 0.3) is 0 Å². The van der Waals surface area contributed by atoms with Gasteiger partial charge in [0.05, 0.1) is 42.3 Å². The zero-order valence-corrected chi connectivity index (χ0v) is 29.7. The summed E-state index contributed by atoms with van der Waals surface area (Å²) in [5.41, 5.74) is 0.957. The first-order valence-electron chi connectivity index (χ1n) is 14.1. The molecule has 0 bridgehead atoms. The van der Waals surface area contributed by atoms with Crippen LogP contribution in [-0.2, 0) is 40.5 Å². The standard InChI is InChI=1S/C28H23N9O12S4/c1-16-29-27(31-17-2-6-19(7-3-17)34-36-21-10-23(50(38,39)40)14-24(11-21)51(41,42)43)33-28(30-16)32-18-4-8-20(9-5-18)35-37-22-12-25(52(44,45)46)15-26(13-22)53(47,48)49/h2-15H,1H3,(H,38,39,40)(H,41,42,43)(H,44,45,46)(H,47,48,49)(H2,29,30,31,32,33). The maximum absolute atomic E-state index is 11.5. The number of aryl methyl sites for hydroxylation is 1. The van der Waals surface area contributed by atoms with Gasteiger partial charge in [-0.25, -0.2) is 0 Å². The molecule has 53 heavy (non-hydrogen) atoms. The number of nitrogens with zero attached hydrogens (tertiary/aromatic N) is 7. The Kier molecular flexibility index (Phi) is 10.7. The molecule has 21 nitrogen and oxygen atoms in total. The quantitative estimate of drug-likeness (QED) is 0.0671. The minimum absolute atomic E-state index is 0.149. The van der Waals surface area contributed by atoms with E-state index in [0.29, 0.717) is 29.3 Å². The van der Waals surface area contributed by atoms with Gasteiger partial charge in [-0.1, -0.05) is 0 Å². The molecule has 6 N–H and O–H groups in total. The summed E-state index contributed by atoms with van der Waals surface area (Å²) in [7, 11) is -19.3. The summed E-state index contributed by atoms with van der Waals surface area (Å²) in [5, 5.41) is 21.4. The number of anilines is 4. The number of benzene rings is 4. The van der Waals surface area contributed by atoms with Crippen molar-refractivity contribution in [3.05, 3.63) is 90.8 Å². The zero-order chi connectivity index (χ0) is 38.8. The number of aromatic nitrogens is 3. The molecular weight excluding hydrogens is 783 g/mol. The molecule has 4 aromatic carbocycles. The van der Waals surface area contributed by atoms with Gasteiger partial charge in [-0.05, 0) is 91.9 Å². The molecule has 0 atom stereocenters. The Hall–Kier alpha value is -5.67. The van der Waals surface area contributed by atoms with E-state index in [2.05, 4.69) is 46.0 Å². The second-order valence-corrected chi connectivity index (χ2v) is 16.2. The largest absolute Gasteiger partial charge is 0.324 e. The lowest BCUT2D eigenvalue weighted by Crippen LogP contribution is -2.05. The molecule has 276 valence electrons. The first kappa shape index (κ1) is 38.6. The number of rotatable bonds is 12. The summed E-state index contributed by atoms with van der Waals surface area (Å²) < 4.78 is 130. The van der Waals surface area contributed by atoms with E-state index in [1.54, 1.807) is 31.2 Å². The molecular formula is C28H23N9O12S4. The first-order valence-corrected chi connectivity index (χ1v) is 19.9. The minimum Gasteiger partial charge on any atom is -0.324 e. The van der Waals surface area contributed by atoms with Gasteiger partial charge in [-0.15, -0.1) is 0 Å². The van der Waals surface area contributed by atoms with Crippen molar-refractivity contribution in [3.63, 3.8) is 0 Å². The van der Waals surface area contributed by atoms with Crippen molar-refractivity contribution in [2.24, 2.45) is 20.5 Å². The van der Waals surface area contributed by atoms with Gasteiger partial charge in [-0.2, -0.15) is 69.1 Å². The van der Waals surface area contributed by atoms with E-state index in [1.165, 1.54) is 24.3 Å². The summed E-state index contributed by atoms with van der Waals surface area (Å²) in [6.07, 6.45) is 0. The molecule has 0 amide bonds. The van der Waals surface area contributed by atoms with Crippen molar-refractivity contribution in [1.82, 2.24) is 15.0 Å². The van der Waals surface area contributed by atoms with E-state index in [4.69, 9.17) is 0 Å². The van der Waals surface area contributed by atoms with Gasteiger partial charge in [0.1, 0.15) is 5.82 Å². The molecule has 0 unspecified atom stereocenters. The number of hydrogen-bond donors (Lipinski definition) is 6. The second-order valence-electron chi connectivity index (χ2n) is 10.5. The highest BCUT2D eigenvalue weighted by molar-refractivity contribution is 7.87. The third kappa shape index (κ3) is 10.7. The van der Waals surface area contributed by atoms with Crippen LogP contribution in [0.1, 0.15) is 5.82 Å². The van der Waals surface area contributed by atoms with Gasteiger partial charge in [0.15, 0.2) is 0 Å². The van der Waals surface area contributed by atoms with E-state index < -0.39 is 60.1 Å². The monoisotopic (exact) mass is 805 g/mol. The summed E-state index contributed by atoms with van der Waals surface area (Å²) in [4.78, 5) is 9.57. The van der Waals surface area contributed by atoms with Crippen LogP contribution in [0, 0.1) is 6.92 Å². The van der Waals surface area contributed by atoms with Crippen LogP contribution in [0.5, 0.6) is 0 Å². The Morgan fingerprint density at radius 3 is 1.00 bits per heavy atom. The highest BCUT2D eigenvalue weighted by atomic mass is 32.2. The van der Waals surface area contributed by atoms with Crippen LogP contribution in [0.2, 0.25) is 0 Å². The van der Waals surface area contributed by atoms with Crippen molar-refractivity contribution < 1.29 is 51.9 Å². The summed E-state index contributed by atoms with van der Waals surface area (Å²) >= 11 is 0. The molecule has 0 saturated heterocycles. The number of nitrogens with one attached hydrogen (secondary N) is 2. The number of azo groups is 2. The van der Waals surface area contributed by atoms with Crippen LogP contribution in [0.3, 0.4) is 0 Å². The highest BCUT2D eigenvalue weighted by Crippen LogP contribution is 2.29. The zero-order valence-electron chi connectivity index (χ0n) is 26.4. The molecule has 5 rings (SSSR count). The molecule has 1 aromatic heterocycles. The van der Waals surface area contributed by atoms with Gasteiger partial charge < -0.3 is 10.6 Å². The third-order valence-corrected chi connectivity index (χ3v) is 9.80. The predicted molar refractivity (Wildman–Crippen MR) is 185 cm³/mol. The van der Waals surface area contributed by atoms with Crippen molar-refractivity contribution in [2.75, 3.05) is 10.6 Å². The highest BCUT2D eigenvalue weighted by Gasteiger charge is 2.19. The maximum Gasteiger partial charge on any atom is 0.294 e. The van der Waals surface area contributed by atoms with Gasteiger partial charge in [0.2, 0.25) is 11.9 Å². The van der Waals surface area contributed by atoms with Crippen molar-refractivity contribution >= 4 is 86.5 Å². The minimum atomic E-state index is -4.83. The Bertz CT molecular complexity index is 2440. The van der Waals surface area contributed by atoms with Crippen molar-refractivity contribution in [1.29, 1.82) is 0 Å². The predicted octanol–water partition coefficient (Wildman–Crippen LogP) is 5.48. The van der Waals surface area contributed by atoms with Crippen molar-refractivity contribution in [3.8, 4) is 0 Å². The van der Waals surface area contributed by atoms with E-state index >= 15 is 0 Å². The maximum atomic E-state index is 11.5. The molecule has 0 aliphatic rings. The SMILES string of the molecule is Cc1nc(Nc2ccc(N=Nc3cc(S(=O)(=O)O)cc(S(=O)(=O)O)c3)cc2)nc(Nc2ccc(N=Nc3cc(S(=O)(=O)O)cc(S(=O)(=O)O)c3)cc2)n1. The van der Waals surface area contributed by atoms with Crippen LogP contribution < -0.4 is 10.6 Å². The smallest absolute Gasteiger partial charge is 0.294 e. The lowest BCUT2D eigenvalue weighted by molar-refractivity contribution is 0.476. The van der Waals surface area contributed by atoms with E-state index in [1.807, 2.05) is 0 Å². The molecule has 5 aromatic rings. The summed E-state index contributed by atoms with van der Waals surface area (Å²) in [5.74, 6) is 0.639. The van der Waals surface area contributed by atoms with E-state index in [0.717, 1.165) is 24.3 Å². The summed E-state index contributed by atoms with van der Waals surface area (Å²) in [6, 6.07) is 16.9.